The lowest BCUT2D eigenvalue weighted by Crippen LogP contribution is -2.36. The van der Waals surface area contributed by atoms with Crippen molar-refractivity contribution in [3.05, 3.63) is 33.8 Å². The quantitative estimate of drug-likeness (QED) is 0.638. The Balaban J connectivity index is 2.23. The van der Waals surface area contributed by atoms with Crippen molar-refractivity contribution in [2.45, 2.75) is 50.4 Å². The molecule has 0 spiro atoms. The van der Waals surface area contributed by atoms with Gasteiger partial charge in [-0.25, -0.2) is 0 Å². The number of aliphatic hydroxyl groups is 1. The Labute approximate surface area is 140 Å². The van der Waals surface area contributed by atoms with Crippen molar-refractivity contribution >= 4 is 29.2 Å². The molecule has 6 heteroatoms. The topological polar surface area (TPSA) is 55.8 Å². The molecule has 1 atom stereocenters. The van der Waals surface area contributed by atoms with Gasteiger partial charge < -0.3 is 14.6 Å². The highest BCUT2D eigenvalue weighted by Gasteiger charge is 2.35. The standard InChI is InChI=1S/C16H20Cl2O4/c1-21-15(19)10-14(12-6-5-11(17)9-13(12)18)22-16(20)7-3-2-4-8-16/h5-6,9,14,20H,2-4,7-8,10H2,1H3. The number of methoxy groups -OCH3 is 1. The lowest BCUT2D eigenvalue weighted by molar-refractivity contribution is -0.248. The predicted molar refractivity (Wildman–Crippen MR) is 85.0 cm³/mol. The normalized spacial score (nSPS) is 18.7. The molecule has 1 aromatic rings. The maximum absolute atomic E-state index is 11.7. The summed E-state index contributed by atoms with van der Waals surface area (Å²) in [6.07, 6.45) is 3.30. The van der Waals surface area contributed by atoms with Crippen molar-refractivity contribution < 1.29 is 19.4 Å². The highest BCUT2D eigenvalue weighted by atomic mass is 35.5. The lowest BCUT2D eigenvalue weighted by Gasteiger charge is -2.35. The average molecular weight is 347 g/mol. The Kier molecular flexibility index (Phi) is 6.09. The first-order valence-electron chi connectivity index (χ1n) is 7.35. The number of halogens is 2. The molecule has 1 aliphatic carbocycles. The lowest BCUT2D eigenvalue weighted by atomic mass is 9.93. The van der Waals surface area contributed by atoms with E-state index in [9.17, 15) is 9.90 Å². The summed E-state index contributed by atoms with van der Waals surface area (Å²) in [4.78, 5) is 11.7. The van der Waals surface area contributed by atoms with Crippen molar-refractivity contribution in [3.63, 3.8) is 0 Å². The van der Waals surface area contributed by atoms with Crippen LogP contribution in [0.5, 0.6) is 0 Å². The van der Waals surface area contributed by atoms with Crippen LogP contribution in [0.15, 0.2) is 18.2 Å². The van der Waals surface area contributed by atoms with Crippen molar-refractivity contribution in [2.75, 3.05) is 7.11 Å². The largest absolute Gasteiger partial charge is 0.469 e. The Morgan fingerprint density at radius 1 is 1.32 bits per heavy atom. The Morgan fingerprint density at radius 2 is 2.00 bits per heavy atom. The van der Waals surface area contributed by atoms with Gasteiger partial charge in [0, 0.05) is 28.5 Å². The van der Waals surface area contributed by atoms with E-state index in [1.165, 1.54) is 7.11 Å². The molecular formula is C16H20Cl2O4. The van der Waals surface area contributed by atoms with Gasteiger partial charge in [0.2, 0.25) is 0 Å². The van der Waals surface area contributed by atoms with Crippen LogP contribution < -0.4 is 0 Å². The van der Waals surface area contributed by atoms with Gasteiger partial charge in [-0.15, -0.1) is 0 Å². The van der Waals surface area contributed by atoms with E-state index in [4.69, 9.17) is 32.7 Å². The molecular weight excluding hydrogens is 327 g/mol. The molecule has 0 bridgehead atoms. The second-order valence-electron chi connectivity index (χ2n) is 5.56. The third-order valence-electron chi connectivity index (χ3n) is 3.89. The smallest absolute Gasteiger partial charge is 0.308 e. The Morgan fingerprint density at radius 3 is 2.59 bits per heavy atom. The molecule has 0 saturated heterocycles. The summed E-state index contributed by atoms with van der Waals surface area (Å²) in [7, 11) is 1.32. The Hall–Kier alpha value is -0.810. The molecule has 1 N–H and O–H groups in total. The third-order valence-corrected chi connectivity index (χ3v) is 4.45. The molecule has 4 nitrogen and oxygen atoms in total. The maximum atomic E-state index is 11.7. The van der Waals surface area contributed by atoms with Gasteiger partial charge >= 0.3 is 5.97 Å². The molecule has 0 radical (unpaired) electrons. The molecule has 0 heterocycles. The number of carbonyl (C=O) groups is 1. The van der Waals surface area contributed by atoms with Crippen LogP contribution in [0.4, 0.5) is 0 Å². The van der Waals surface area contributed by atoms with Gasteiger partial charge in [-0.2, -0.15) is 0 Å². The fraction of sp³-hybridized carbons (Fsp3) is 0.562. The summed E-state index contributed by atoms with van der Waals surface area (Å²) in [5.74, 6) is -1.64. The number of hydrogen-bond acceptors (Lipinski definition) is 4. The van der Waals surface area contributed by atoms with Crippen LogP contribution in [0.1, 0.15) is 50.2 Å². The minimum Gasteiger partial charge on any atom is -0.469 e. The van der Waals surface area contributed by atoms with Gasteiger partial charge in [-0.1, -0.05) is 35.7 Å². The molecule has 1 unspecified atom stereocenters. The van der Waals surface area contributed by atoms with E-state index in [1.54, 1.807) is 18.2 Å². The van der Waals surface area contributed by atoms with E-state index in [2.05, 4.69) is 0 Å². The predicted octanol–water partition coefficient (Wildman–Crippen LogP) is 4.27. The van der Waals surface area contributed by atoms with Gasteiger partial charge in [0.25, 0.3) is 0 Å². The second-order valence-corrected chi connectivity index (χ2v) is 6.40. The molecule has 1 fully saturated rings. The zero-order valence-electron chi connectivity index (χ0n) is 12.5. The van der Waals surface area contributed by atoms with Crippen LogP contribution >= 0.6 is 23.2 Å². The molecule has 1 aromatic carbocycles. The number of rotatable bonds is 5. The van der Waals surface area contributed by atoms with Crippen LogP contribution in [0.25, 0.3) is 0 Å². The first-order chi connectivity index (χ1) is 10.4. The minimum atomic E-state index is -1.22. The summed E-state index contributed by atoms with van der Waals surface area (Å²) >= 11 is 12.1. The minimum absolute atomic E-state index is 0.0137. The third kappa shape index (κ3) is 4.59. The summed E-state index contributed by atoms with van der Waals surface area (Å²) in [5, 5.41) is 11.5. The fourth-order valence-electron chi connectivity index (χ4n) is 2.70. The Bertz CT molecular complexity index is 527. The van der Waals surface area contributed by atoms with E-state index >= 15 is 0 Å². The SMILES string of the molecule is COC(=O)CC(OC1(O)CCCCC1)c1ccc(Cl)cc1Cl. The first kappa shape index (κ1) is 17.5. The highest BCUT2D eigenvalue weighted by molar-refractivity contribution is 6.35. The molecule has 1 saturated carbocycles. The van der Waals surface area contributed by atoms with Crippen LogP contribution in [0.2, 0.25) is 10.0 Å². The summed E-state index contributed by atoms with van der Waals surface area (Å²) in [5.41, 5.74) is 0.621. The van der Waals surface area contributed by atoms with Gasteiger partial charge in [-0.05, 0) is 25.0 Å². The molecule has 1 aliphatic rings. The van der Waals surface area contributed by atoms with Gasteiger partial charge in [-0.3, -0.25) is 4.79 Å². The number of benzene rings is 1. The van der Waals surface area contributed by atoms with E-state index in [0.29, 0.717) is 28.5 Å². The van der Waals surface area contributed by atoms with Crippen LogP contribution in [-0.4, -0.2) is 24.0 Å². The van der Waals surface area contributed by atoms with Gasteiger partial charge in [0.1, 0.15) is 0 Å². The van der Waals surface area contributed by atoms with Crippen molar-refractivity contribution in [2.24, 2.45) is 0 Å². The van der Waals surface area contributed by atoms with Crippen molar-refractivity contribution in [1.82, 2.24) is 0 Å². The zero-order chi connectivity index (χ0) is 16.2. The first-order valence-corrected chi connectivity index (χ1v) is 8.11. The number of esters is 1. The molecule has 0 aromatic heterocycles. The zero-order valence-corrected chi connectivity index (χ0v) is 14.0. The second kappa shape index (κ2) is 7.64. The molecule has 0 aliphatic heterocycles. The van der Waals surface area contributed by atoms with E-state index in [0.717, 1.165) is 19.3 Å². The van der Waals surface area contributed by atoms with Crippen LogP contribution in [0.3, 0.4) is 0 Å². The molecule has 2 rings (SSSR count). The summed E-state index contributed by atoms with van der Waals surface area (Å²) in [6, 6.07) is 4.99. The average Bonchev–Trinajstić information content (AvgIpc) is 2.47. The van der Waals surface area contributed by atoms with Crippen molar-refractivity contribution in [3.8, 4) is 0 Å². The van der Waals surface area contributed by atoms with E-state index in [1.807, 2.05) is 0 Å². The number of ether oxygens (including phenoxy) is 2. The van der Waals surface area contributed by atoms with Crippen LogP contribution in [-0.2, 0) is 14.3 Å². The fourth-order valence-corrected chi connectivity index (χ4v) is 3.23. The number of hydrogen-bond donors (Lipinski definition) is 1. The highest BCUT2D eigenvalue weighted by Crippen LogP contribution is 2.38. The maximum Gasteiger partial charge on any atom is 0.308 e. The van der Waals surface area contributed by atoms with E-state index < -0.39 is 17.9 Å². The summed E-state index contributed by atoms with van der Waals surface area (Å²) in [6.45, 7) is 0. The summed E-state index contributed by atoms with van der Waals surface area (Å²) < 4.78 is 10.6. The monoisotopic (exact) mass is 346 g/mol. The van der Waals surface area contributed by atoms with Gasteiger partial charge in [0.05, 0.1) is 19.6 Å². The van der Waals surface area contributed by atoms with Crippen LogP contribution in [0, 0.1) is 0 Å². The van der Waals surface area contributed by atoms with Gasteiger partial charge in [0.15, 0.2) is 5.79 Å². The van der Waals surface area contributed by atoms with E-state index in [-0.39, 0.29) is 6.42 Å². The van der Waals surface area contributed by atoms with Crippen molar-refractivity contribution in [1.29, 1.82) is 0 Å². The molecule has 22 heavy (non-hydrogen) atoms. The molecule has 0 amide bonds. The number of carbonyl (C=O) groups excluding carboxylic acids is 1. The molecule has 122 valence electrons.